The maximum Gasteiger partial charge on any atom is 0.235 e. The fraction of sp³-hybridized carbons (Fsp3) is 0.643. The Morgan fingerprint density at radius 1 is 1.48 bits per heavy atom. The molecular formula is C14H23ClN4O3S. The van der Waals surface area contributed by atoms with Crippen LogP contribution in [0.25, 0.3) is 0 Å². The Morgan fingerprint density at radius 2 is 2.26 bits per heavy atom. The predicted molar refractivity (Wildman–Crippen MR) is 93.1 cm³/mol. The van der Waals surface area contributed by atoms with Crippen LogP contribution < -0.4 is 10.6 Å². The smallest absolute Gasteiger partial charge is 0.235 e. The Kier molecular flexibility index (Phi) is 8.43. The van der Waals surface area contributed by atoms with Crippen molar-refractivity contribution in [1.82, 2.24) is 15.4 Å². The first-order chi connectivity index (χ1) is 10.6. The van der Waals surface area contributed by atoms with Crippen molar-refractivity contribution in [3.63, 3.8) is 0 Å². The van der Waals surface area contributed by atoms with Gasteiger partial charge in [-0.2, -0.15) is 0 Å². The summed E-state index contributed by atoms with van der Waals surface area (Å²) in [5.74, 6) is 1.50. The lowest BCUT2D eigenvalue weighted by atomic mass is 10.1. The molecule has 2 amide bonds. The first kappa shape index (κ1) is 19.8. The summed E-state index contributed by atoms with van der Waals surface area (Å²) in [5, 5.41) is 9.54. The number of likely N-dealkylation sites (N-methyl/N-ethyl adjacent to an activating group) is 1. The molecule has 0 aromatic carbocycles. The molecule has 0 radical (unpaired) electrons. The molecule has 1 aliphatic rings. The fourth-order valence-electron chi connectivity index (χ4n) is 2.37. The van der Waals surface area contributed by atoms with E-state index in [0.29, 0.717) is 23.4 Å². The summed E-state index contributed by atoms with van der Waals surface area (Å²) < 4.78 is 4.87. The molecule has 7 nitrogen and oxygen atoms in total. The van der Waals surface area contributed by atoms with Gasteiger partial charge in [-0.15, -0.1) is 24.2 Å². The van der Waals surface area contributed by atoms with Crippen molar-refractivity contribution in [3.05, 3.63) is 11.8 Å². The van der Waals surface area contributed by atoms with Crippen molar-refractivity contribution in [2.45, 2.75) is 25.8 Å². The number of aromatic nitrogens is 1. The first-order valence-corrected chi connectivity index (χ1v) is 8.50. The molecule has 0 spiro atoms. The summed E-state index contributed by atoms with van der Waals surface area (Å²) in [6.07, 6.45) is 2.13. The highest BCUT2D eigenvalue weighted by atomic mass is 35.5. The molecular weight excluding hydrogens is 340 g/mol. The highest BCUT2D eigenvalue weighted by molar-refractivity contribution is 8.00. The van der Waals surface area contributed by atoms with Gasteiger partial charge in [-0.25, -0.2) is 0 Å². The van der Waals surface area contributed by atoms with Gasteiger partial charge in [-0.3, -0.25) is 9.59 Å². The van der Waals surface area contributed by atoms with E-state index in [1.165, 1.54) is 11.8 Å². The lowest BCUT2D eigenvalue weighted by molar-refractivity contribution is -0.129. The highest BCUT2D eigenvalue weighted by Gasteiger charge is 2.22. The van der Waals surface area contributed by atoms with Gasteiger partial charge in [0.2, 0.25) is 11.8 Å². The fourth-order valence-corrected chi connectivity index (χ4v) is 3.08. The Bertz CT molecular complexity index is 526. The predicted octanol–water partition coefficient (Wildman–Crippen LogP) is 1.29. The standard InChI is InChI=1S/C14H22N4O3S.ClH/c1-10-6-12(17-21-10)16-13(19)8-22-9-14(20)18-5-3-4-11(7-18)15-2;/h6,11,15H,3-5,7-9H2,1-2H3,(H,16,17,19);1H. The highest BCUT2D eigenvalue weighted by Crippen LogP contribution is 2.13. The van der Waals surface area contributed by atoms with Gasteiger partial charge in [0, 0.05) is 25.2 Å². The number of halogens is 1. The van der Waals surface area contributed by atoms with Crippen LogP contribution in [-0.4, -0.2) is 59.6 Å². The maximum absolute atomic E-state index is 12.1. The molecule has 23 heavy (non-hydrogen) atoms. The number of aryl methyl sites for hydroxylation is 1. The molecule has 1 aromatic rings. The van der Waals surface area contributed by atoms with Crippen molar-refractivity contribution in [2.75, 3.05) is 37.0 Å². The third-order valence-corrected chi connectivity index (χ3v) is 4.45. The number of anilines is 1. The zero-order valence-corrected chi connectivity index (χ0v) is 15.0. The zero-order chi connectivity index (χ0) is 15.9. The number of nitrogens with zero attached hydrogens (tertiary/aromatic N) is 2. The lowest BCUT2D eigenvalue weighted by Gasteiger charge is -2.32. The second kappa shape index (κ2) is 9.79. The molecule has 9 heteroatoms. The van der Waals surface area contributed by atoms with Crippen molar-refractivity contribution in [3.8, 4) is 0 Å². The number of carbonyl (C=O) groups is 2. The average molecular weight is 363 g/mol. The van der Waals surface area contributed by atoms with Gasteiger partial charge in [0.25, 0.3) is 0 Å². The quantitative estimate of drug-likeness (QED) is 0.792. The van der Waals surface area contributed by atoms with Crippen LogP contribution in [0.1, 0.15) is 18.6 Å². The average Bonchev–Trinajstić information content (AvgIpc) is 2.92. The molecule has 1 atom stereocenters. The normalized spacial score (nSPS) is 17.5. The number of hydrogen-bond donors (Lipinski definition) is 2. The van der Waals surface area contributed by atoms with Gasteiger partial charge in [-0.1, -0.05) is 5.16 Å². The number of piperidine rings is 1. The summed E-state index contributed by atoms with van der Waals surface area (Å²) in [7, 11) is 1.92. The molecule has 1 saturated heterocycles. The van der Waals surface area contributed by atoms with Crippen molar-refractivity contribution >= 4 is 41.8 Å². The number of likely N-dealkylation sites (tertiary alicyclic amines) is 1. The summed E-state index contributed by atoms with van der Waals surface area (Å²) >= 11 is 1.32. The van der Waals surface area contributed by atoms with Crippen LogP contribution in [0, 0.1) is 6.92 Å². The number of rotatable bonds is 6. The molecule has 1 unspecified atom stereocenters. The van der Waals surface area contributed by atoms with Gasteiger partial charge in [0.1, 0.15) is 5.76 Å². The lowest BCUT2D eigenvalue weighted by Crippen LogP contribution is -2.47. The molecule has 1 fully saturated rings. The summed E-state index contributed by atoms with van der Waals surface area (Å²) in [5.41, 5.74) is 0. The van der Waals surface area contributed by atoms with E-state index < -0.39 is 0 Å². The van der Waals surface area contributed by atoms with E-state index in [4.69, 9.17) is 4.52 Å². The van der Waals surface area contributed by atoms with E-state index >= 15 is 0 Å². The van der Waals surface area contributed by atoms with E-state index in [2.05, 4.69) is 15.8 Å². The minimum atomic E-state index is -0.183. The van der Waals surface area contributed by atoms with Crippen LogP contribution in [0.2, 0.25) is 0 Å². The Balaban J connectivity index is 0.00000264. The zero-order valence-electron chi connectivity index (χ0n) is 13.3. The minimum absolute atomic E-state index is 0. The van der Waals surface area contributed by atoms with Crippen LogP contribution in [0.4, 0.5) is 5.82 Å². The number of nitrogens with one attached hydrogen (secondary N) is 2. The van der Waals surface area contributed by atoms with Crippen molar-refractivity contribution in [1.29, 1.82) is 0 Å². The SMILES string of the molecule is CNC1CCCN(C(=O)CSCC(=O)Nc2cc(C)on2)C1.Cl. The van der Waals surface area contributed by atoms with E-state index in [1.807, 2.05) is 11.9 Å². The third kappa shape index (κ3) is 6.40. The molecule has 1 aromatic heterocycles. The van der Waals surface area contributed by atoms with Crippen LogP contribution in [0.5, 0.6) is 0 Å². The molecule has 2 rings (SSSR count). The topological polar surface area (TPSA) is 87.5 Å². The second-order valence-corrected chi connectivity index (χ2v) is 6.32. The Hall–Kier alpha value is -1.25. The van der Waals surface area contributed by atoms with E-state index in [9.17, 15) is 9.59 Å². The van der Waals surface area contributed by atoms with Crippen molar-refractivity contribution < 1.29 is 14.1 Å². The summed E-state index contributed by atoms with van der Waals surface area (Å²) in [6, 6.07) is 2.03. The molecule has 2 N–H and O–H groups in total. The molecule has 0 saturated carbocycles. The summed E-state index contributed by atoms with van der Waals surface area (Å²) in [6.45, 7) is 3.31. The first-order valence-electron chi connectivity index (χ1n) is 7.34. The molecule has 1 aliphatic heterocycles. The summed E-state index contributed by atoms with van der Waals surface area (Å²) in [4.78, 5) is 25.7. The van der Waals surface area contributed by atoms with Crippen LogP contribution in [0.3, 0.4) is 0 Å². The van der Waals surface area contributed by atoms with Crippen LogP contribution >= 0.6 is 24.2 Å². The number of thioether (sulfide) groups is 1. The number of hydrogen-bond acceptors (Lipinski definition) is 6. The third-order valence-electron chi connectivity index (χ3n) is 3.54. The van der Waals surface area contributed by atoms with E-state index in [0.717, 1.165) is 25.9 Å². The molecule has 0 aliphatic carbocycles. The van der Waals surface area contributed by atoms with Gasteiger partial charge >= 0.3 is 0 Å². The monoisotopic (exact) mass is 362 g/mol. The second-order valence-electron chi connectivity index (χ2n) is 5.33. The van der Waals surface area contributed by atoms with Gasteiger partial charge < -0.3 is 20.1 Å². The van der Waals surface area contributed by atoms with Gasteiger partial charge in [-0.05, 0) is 26.8 Å². The molecule has 0 bridgehead atoms. The van der Waals surface area contributed by atoms with Crippen LogP contribution in [-0.2, 0) is 9.59 Å². The Morgan fingerprint density at radius 3 is 2.91 bits per heavy atom. The number of carbonyl (C=O) groups excluding carboxylic acids is 2. The van der Waals surface area contributed by atoms with Crippen LogP contribution in [0.15, 0.2) is 10.6 Å². The maximum atomic E-state index is 12.1. The van der Waals surface area contributed by atoms with Gasteiger partial charge in [0.05, 0.1) is 11.5 Å². The Labute approximate surface area is 146 Å². The molecule has 130 valence electrons. The van der Waals surface area contributed by atoms with Crippen molar-refractivity contribution in [2.24, 2.45) is 0 Å². The largest absolute Gasteiger partial charge is 0.360 e. The molecule has 2 heterocycles. The van der Waals surface area contributed by atoms with Gasteiger partial charge in [0.15, 0.2) is 5.82 Å². The van der Waals surface area contributed by atoms with E-state index in [-0.39, 0.29) is 30.0 Å². The minimum Gasteiger partial charge on any atom is -0.360 e. The number of amides is 2. The van der Waals surface area contributed by atoms with E-state index in [1.54, 1.807) is 13.0 Å².